The van der Waals surface area contributed by atoms with E-state index < -0.39 is 0 Å². The number of aromatic nitrogens is 4. The van der Waals surface area contributed by atoms with Crippen molar-refractivity contribution in [2.45, 2.75) is 20.4 Å². The lowest BCUT2D eigenvalue weighted by Gasteiger charge is -2.07. The maximum absolute atomic E-state index is 12.1. The van der Waals surface area contributed by atoms with Crippen molar-refractivity contribution < 1.29 is 0 Å². The first-order valence-electron chi connectivity index (χ1n) is 5.31. The lowest BCUT2D eigenvalue weighted by Crippen LogP contribution is -2.25. The van der Waals surface area contributed by atoms with Gasteiger partial charge in [-0.25, -0.2) is 4.98 Å². The molecule has 2 heterocycles. The van der Waals surface area contributed by atoms with Crippen LogP contribution < -0.4 is 5.56 Å². The standard InChI is InChI=1S/C11H12ClIN4O/c1-6-9(12)8(16(3)15-6)4-17-5-14-7(2)10(13)11(17)18/h5H,4H2,1-3H3. The molecule has 2 aromatic heterocycles. The van der Waals surface area contributed by atoms with E-state index in [1.54, 1.807) is 11.0 Å². The molecule has 0 radical (unpaired) electrons. The van der Waals surface area contributed by atoms with E-state index in [0.29, 0.717) is 15.1 Å². The predicted molar refractivity (Wildman–Crippen MR) is 78.0 cm³/mol. The average molecular weight is 379 g/mol. The molecular formula is C11H12ClIN4O. The van der Waals surface area contributed by atoms with Gasteiger partial charge >= 0.3 is 0 Å². The van der Waals surface area contributed by atoms with Crippen LogP contribution in [0.5, 0.6) is 0 Å². The van der Waals surface area contributed by atoms with E-state index in [-0.39, 0.29) is 5.56 Å². The molecule has 0 atom stereocenters. The highest BCUT2D eigenvalue weighted by Crippen LogP contribution is 2.19. The molecule has 0 unspecified atom stereocenters. The molecule has 0 aliphatic heterocycles. The Morgan fingerprint density at radius 3 is 2.61 bits per heavy atom. The van der Waals surface area contributed by atoms with Gasteiger partial charge in [-0.05, 0) is 36.4 Å². The van der Waals surface area contributed by atoms with E-state index in [9.17, 15) is 4.79 Å². The fraction of sp³-hybridized carbons (Fsp3) is 0.364. The van der Waals surface area contributed by atoms with Gasteiger partial charge in [0.2, 0.25) is 0 Å². The van der Waals surface area contributed by atoms with E-state index in [1.165, 1.54) is 4.57 Å². The molecule has 0 N–H and O–H groups in total. The molecule has 0 bridgehead atoms. The van der Waals surface area contributed by atoms with Crippen LogP contribution in [0.3, 0.4) is 0 Å². The zero-order chi connectivity index (χ0) is 13.4. The summed E-state index contributed by atoms with van der Waals surface area (Å²) in [7, 11) is 1.81. The second kappa shape index (κ2) is 5.00. The van der Waals surface area contributed by atoms with E-state index in [1.807, 2.05) is 43.5 Å². The summed E-state index contributed by atoms with van der Waals surface area (Å²) in [6, 6.07) is 0. The zero-order valence-electron chi connectivity index (χ0n) is 10.2. The molecule has 18 heavy (non-hydrogen) atoms. The fourth-order valence-corrected chi connectivity index (χ4v) is 2.34. The van der Waals surface area contributed by atoms with Gasteiger partial charge in [-0.15, -0.1) is 0 Å². The lowest BCUT2D eigenvalue weighted by atomic mass is 10.3. The molecule has 5 nitrogen and oxygen atoms in total. The van der Waals surface area contributed by atoms with E-state index in [0.717, 1.165) is 17.1 Å². The van der Waals surface area contributed by atoms with Crippen molar-refractivity contribution in [2.24, 2.45) is 7.05 Å². The summed E-state index contributed by atoms with van der Waals surface area (Å²) in [5.41, 5.74) is 2.25. The van der Waals surface area contributed by atoms with Gasteiger partial charge in [-0.1, -0.05) is 11.6 Å². The molecule has 0 aliphatic carbocycles. The Morgan fingerprint density at radius 2 is 2.06 bits per heavy atom. The number of rotatable bonds is 2. The lowest BCUT2D eigenvalue weighted by molar-refractivity contribution is 0.639. The Morgan fingerprint density at radius 1 is 1.39 bits per heavy atom. The number of halogens is 2. The molecule has 7 heteroatoms. The first kappa shape index (κ1) is 13.5. The molecule has 0 aromatic carbocycles. The van der Waals surface area contributed by atoms with Crippen LogP contribution in [-0.4, -0.2) is 19.3 Å². The Hall–Kier alpha value is -0.890. The van der Waals surface area contributed by atoms with Crippen molar-refractivity contribution in [3.05, 3.63) is 42.4 Å². The van der Waals surface area contributed by atoms with Crippen molar-refractivity contribution in [3.63, 3.8) is 0 Å². The van der Waals surface area contributed by atoms with Crippen LogP contribution in [0.2, 0.25) is 5.02 Å². The van der Waals surface area contributed by atoms with Crippen LogP contribution in [0, 0.1) is 17.4 Å². The average Bonchev–Trinajstić information content (AvgIpc) is 2.56. The maximum Gasteiger partial charge on any atom is 0.267 e. The van der Waals surface area contributed by atoms with Gasteiger partial charge in [-0.3, -0.25) is 14.0 Å². The van der Waals surface area contributed by atoms with Crippen molar-refractivity contribution in [3.8, 4) is 0 Å². The van der Waals surface area contributed by atoms with Crippen molar-refractivity contribution in [1.29, 1.82) is 0 Å². The van der Waals surface area contributed by atoms with Gasteiger partial charge in [0, 0.05) is 7.05 Å². The topological polar surface area (TPSA) is 52.7 Å². The third-order valence-corrected chi connectivity index (χ3v) is 4.47. The molecular weight excluding hydrogens is 367 g/mol. The van der Waals surface area contributed by atoms with Crippen molar-refractivity contribution in [1.82, 2.24) is 19.3 Å². The van der Waals surface area contributed by atoms with E-state index >= 15 is 0 Å². The van der Waals surface area contributed by atoms with Crippen LogP contribution in [0.25, 0.3) is 0 Å². The minimum absolute atomic E-state index is 0.0574. The molecule has 0 saturated heterocycles. The molecule has 0 amide bonds. The minimum atomic E-state index is -0.0574. The molecule has 0 fully saturated rings. The highest BCUT2D eigenvalue weighted by molar-refractivity contribution is 14.1. The largest absolute Gasteiger partial charge is 0.292 e. The maximum atomic E-state index is 12.1. The number of aryl methyl sites for hydroxylation is 3. The summed E-state index contributed by atoms with van der Waals surface area (Å²) >= 11 is 8.17. The first-order valence-corrected chi connectivity index (χ1v) is 6.77. The molecule has 0 saturated carbocycles. The van der Waals surface area contributed by atoms with Crippen molar-refractivity contribution in [2.75, 3.05) is 0 Å². The molecule has 96 valence electrons. The Kier molecular flexibility index (Phi) is 3.76. The first-order chi connectivity index (χ1) is 8.41. The molecule has 0 aliphatic rings. The van der Waals surface area contributed by atoms with Crippen LogP contribution in [0.15, 0.2) is 11.1 Å². The molecule has 0 spiro atoms. The highest BCUT2D eigenvalue weighted by Gasteiger charge is 2.13. The number of hydrogen-bond donors (Lipinski definition) is 0. The van der Waals surface area contributed by atoms with E-state index in [2.05, 4.69) is 10.1 Å². The van der Waals surface area contributed by atoms with E-state index in [4.69, 9.17) is 11.6 Å². The second-order valence-electron chi connectivity index (χ2n) is 4.05. The smallest absolute Gasteiger partial charge is 0.267 e. The molecule has 2 rings (SSSR count). The summed E-state index contributed by atoms with van der Waals surface area (Å²) in [6.45, 7) is 4.03. The second-order valence-corrected chi connectivity index (χ2v) is 5.50. The van der Waals surface area contributed by atoms with Gasteiger partial charge in [0.15, 0.2) is 0 Å². The van der Waals surface area contributed by atoms with Crippen LogP contribution in [0.1, 0.15) is 17.1 Å². The van der Waals surface area contributed by atoms with Gasteiger partial charge in [-0.2, -0.15) is 5.10 Å². The van der Waals surface area contributed by atoms with Gasteiger partial charge in [0.1, 0.15) is 0 Å². The Labute approximate surface area is 123 Å². The van der Waals surface area contributed by atoms with Gasteiger partial charge < -0.3 is 0 Å². The van der Waals surface area contributed by atoms with Crippen molar-refractivity contribution >= 4 is 34.2 Å². The minimum Gasteiger partial charge on any atom is -0.292 e. The SMILES string of the molecule is Cc1nn(C)c(Cn2cnc(C)c(I)c2=O)c1Cl. The number of nitrogens with zero attached hydrogens (tertiary/aromatic N) is 4. The molecule has 2 aromatic rings. The quantitative estimate of drug-likeness (QED) is 0.750. The predicted octanol–water partition coefficient (Wildman–Crippen LogP) is 1.90. The summed E-state index contributed by atoms with van der Waals surface area (Å²) in [5.74, 6) is 0. The van der Waals surface area contributed by atoms with Crippen LogP contribution in [0.4, 0.5) is 0 Å². The number of hydrogen-bond acceptors (Lipinski definition) is 3. The van der Waals surface area contributed by atoms with Crippen LogP contribution >= 0.6 is 34.2 Å². The summed E-state index contributed by atoms with van der Waals surface area (Å²) in [4.78, 5) is 16.3. The van der Waals surface area contributed by atoms with Crippen LogP contribution in [-0.2, 0) is 13.6 Å². The fourth-order valence-electron chi connectivity index (χ4n) is 1.67. The Balaban J connectivity index is 2.47. The normalized spacial score (nSPS) is 10.9. The summed E-state index contributed by atoms with van der Waals surface area (Å²) in [6.07, 6.45) is 1.54. The highest BCUT2D eigenvalue weighted by atomic mass is 127. The summed E-state index contributed by atoms with van der Waals surface area (Å²) < 4.78 is 3.86. The monoisotopic (exact) mass is 378 g/mol. The van der Waals surface area contributed by atoms with Gasteiger partial charge in [0.05, 0.1) is 38.5 Å². The Bertz CT molecular complexity index is 662. The summed E-state index contributed by atoms with van der Waals surface area (Å²) in [5, 5.41) is 4.82. The third-order valence-electron chi connectivity index (χ3n) is 2.74. The zero-order valence-corrected chi connectivity index (χ0v) is 13.2. The van der Waals surface area contributed by atoms with Gasteiger partial charge in [0.25, 0.3) is 5.56 Å². The third kappa shape index (κ3) is 2.31.